The smallest absolute Gasteiger partial charge is 0.254 e. The van der Waals surface area contributed by atoms with E-state index in [-0.39, 0.29) is 5.91 Å². The van der Waals surface area contributed by atoms with Crippen LogP contribution in [0.5, 0.6) is 11.5 Å². The van der Waals surface area contributed by atoms with Crippen LogP contribution in [0.3, 0.4) is 0 Å². The fourth-order valence-corrected chi connectivity index (χ4v) is 1.82. The van der Waals surface area contributed by atoms with Crippen molar-refractivity contribution in [3.8, 4) is 11.5 Å². The second-order valence-corrected chi connectivity index (χ2v) is 4.05. The number of rotatable bonds is 6. The SMILES string of the molecule is CCN(CCCl)C(=O)c1cc(OC)cc(OC)c1. The predicted molar refractivity (Wildman–Crippen MR) is 71.8 cm³/mol. The zero-order valence-electron chi connectivity index (χ0n) is 10.9. The van der Waals surface area contributed by atoms with Gasteiger partial charge in [-0.15, -0.1) is 11.6 Å². The van der Waals surface area contributed by atoms with Crippen molar-refractivity contribution in [2.45, 2.75) is 6.92 Å². The van der Waals surface area contributed by atoms with E-state index in [1.807, 2.05) is 6.92 Å². The molecule has 1 aromatic carbocycles. The van der Waals surface area contributed by atoms with Crippen molar-refractivity contribution in [1.29, 1.82) is 0 Å². The Morgan fingerprint density at radius 2 is 1.78 bits per heavy atom. The molecule has 0 saturated carbocycles. The van der Waals surface area contributed by atoms with Crippen LogP contribution in [0.2, 0.25) is 0 Å². The molecule has 0 aromatic heterocycles. The third-order valence-corrected chi connectivity index (χ3v) is 2.79. The summed E-state index contributed by atoms with van der Waals surface area (Å²) in [5.74, 6) is 1.54. The van der Waals surface area contributed by atoms with Crippen molar-refractivity contribution >= 4 is 17.5 Å². The number of alkyl halides is 1. The van der Waals surface area contributed by atoms with Crippen LogP contribution in [0.4, 0.5) is 0 Å². The summed E-state index contributed by atoms with van der Waals surface area (Å²) in [4.78, 5) is 13.9. The lowest BCUT2D eigenvalue weighted by atomic mass is 10.1. The van der Waals surface area contributed by atoms with Gasteiger partial charge in [0.15, 0.2) is 0 Å². The number of hydrogen-bond donors (Lipinski definition) is 0. The fourth-order valence-electron chi connectivity index (χ4n) is 1.62. The molecule has 1 rings (SSSR count). The summed E-state index contributed by atoms with van der Waals surface area (Å²) >= 11 is 5.68. The maximum atomic E-state index is 12.3. The van der Waals surface area contributed by atoms with Gasteiger partial charge in [0.1, 0.15) is 11.5 Å². The number of ether oxygens (including phenoxy) is 2. The van der Waals surface area contributed by atoms with Gasteiger partial charge in [-0.25, -0.2) is 0 Å². The molecular formula is C13H18ClNO3. The molecule has 5 heteroatoms. The summed E-state index contributed by atoms with van der Waals surface area (Å²) < 4.78 is 10.3. The quantitative estimate of drug-likeness (QED) is 0.746. The molecule has 0 spiro atoms. The van der Waals surface area contributed by atoms with Crippen LogP contribution in [0, 0.1) is 0 Å². The Bertz CT molecular complexity index is 387. The molecule has 0 atom stereocenters. The molecule has 18 heavy (non-hydrogen) atoms. The van der Waals surface area contributed by atoms with E-state index in [1.165, 1.54) is 0 Å². The van der Waals surface area contributed by atoms with E-state index < -0.39 is 0 Å². The van der Waals surface area contributed by atoms with Gasteiger partial charge in [-0.2, -0.15) is 0 Å². The van der Waals surface area contributed by atoms with Crippen LogP contribution < -0.4 is 9.47 Å². The highest BCUT2D eigenvalue weighted by molar-refractivity contribution is 6.18. The van der Waals surface area contributed by atoms with Gasteiger partial charge in [0.25, 0.3) is 5.91 Å². The van der Waals surface area contributed by atoms with Gasteiger partial charge >= 0.3 is 0 Å². The van der Waals surface area contributed by atoms with E-state index >= 15 is 0 Å². The maximum absolute atomic E-state index is 12.3. The van der Waals surface area contributed by atoms with Gasteiger partial charge in [-0.05, 0) is 19.1 Å². The summed E-state index contributed by atoms with van der Waals surface area (Å²) in [6.07, 6.45) is 0. The fraction of sp³-hybridized carbons (Fsp3) is 0.462. The minimum atomic E-state index is -0.0737. The van der Waals surface area contributed by atoms with Gasteiger partial charge < -0.3 is 14.4 Å². The van der Waals surface area contributed by atoms with Crippen molar-refractivity contribution in [2.24, 2.45) is 0 Å². The molecule has 1 amide bonds. The number of carbonyl (C=O) groups excluding carboxylic acids is 1. The zero-order valence-corrected chi connectivity index (χ0v) is 11.7. The lowest BCUT2D eigenvalue weighted by Gasteiger charge is -2.20. The lowest BCUT2D eigenvalue weighted by molar-refractivity contribution is 0.0773. The Morgan fingerprint density at radius 1 is 1.22 bits per heavy atom. The van der Waals surface area contributed by atoms with Gasteiger partial charge in [0, 0.05) is 30.6 Å². The summed E-state index contributed by atoms with van der Waals surface area (Å²) in [6, 6.07) is 5.12. The molecule has 0 saturated heterocycles. The van der Waals surface area contributed by atoms with Crippen LogP contribution in [-0.2, 0) is 0 Å². The van der Waals surface area contributed by atoms with E-state index in [9.17, 15) is 4.79 Å². The predicted octanol–water partition coefficient (Wildman–Crippen LogP) is 2.40. The monoisotopic (exact) mass is 271 g/mol. The average Bonchev–Trinajstić information content (AvgIpc) is 2.43. The van der Waals surface area contributed by atoms with Crippen LogP contribution in [-0.4, -0.2) is 44.0 Å². The summed E-state index contributed by atoms with van der Waals surface area (Å²) in [7, 11) is 3.11. The van der Waals surface area contributed by atoms with E-state index in [0.29, 0.717) is 36.0 Å². The zero-order chi connectivity index (χ0) is 13.5. The topological polar surface area (TPSA) is 38.8 Å². The lowest BCUT2D eigenvalue weighted by Crippen LogP contribution is -2.32. The summed E-state index contributed by atoms with van der Waals surface area (Å²) in [5.41, 5.74) is 0.540. The Kier molecular flexibility index (Phi) is 5.78. The molecule has 0 heterocycles. The van der Waals surface area contributed by atoms with Crippen molar-refractivity contribution < 1.29 is 14.3 Å². The third-order valence-electron chi connectivity index (χ3n) is 2.62. The first-order valence-corrected chi connectivity index (χ1v) is 6.28. The molecule has 4 nitrogen and oxygen atoms in total. The molecule has 0 fully saturated rings. The van der Waals surface area contributed by atoms with Crippen molar-refractivity contribution in [3.63, 3.8) is 0 Å². The highest BCUT2D eigenvalue weighted by atomic mass is 35.5. The molecule has 0 radical (unpaired) electrons. The largest absolute Gasteiger partial charge is 0.497 e. The molecule has 0 aliphatic carbocycles. The summed E-state index contributed by atoms with van der Waals surface area (Å²) in [6.45, 7) is 3.06. The van der Waals surface area contributed by atoms with Gasteiger partial charge in [0.2, 0.25) is 0 Å². The first-order chi connectivity index (χ1) is 8.65. The Morgan fingerprint density at radius 3 is 2.17 bits per heavy atom. The van der Waals surface area contributed by atoms with Gasteiger partial charge in [-0.3, -0.25) is 4.79 Å². The number of hydrogen-bond acceptors (Lipinski definition) is 3. The Hall–Kier alpha value is -1.42. The van der Waals surface area contributed by atoms with E-state index in [0.717, 1.165) is 0 Å². The molecule has 0 unspecified atom stereocenters. The molecule has 0 aliphatic heterocycles. The molecule has 0 bridgehead atoms. The number of halogens is 1. The minimum absolute atomic E-state index is 0.0737. The van der Waals surface area contributed by atoms with Gasteiger partial charge in [-0.1, -0.05) is 0 Å². The van der Waals surface area contributed by atoms with Crippen LogP contribution in [0.25, 0.3) is 0 Å². The number of amides is 1. The first-order valence-electron chi connectivity index (χ1n) is 5.74. The maximum Gasteiger partial charge on any atom is 0.254 e. The molecule has 0 N–H and O–H groups in total. The average molecular weight is 272 g/mol. The van der Waals surface area contributed by atoms with E-state index in [2.05, 4.69) is 0 Å². The van der Waals surface area contributed by atoms with E-state index in [4.69, 9.17) is 21.1 Å². The Balaban J connectivity index is 3.03. The normalized spacial score (nSPS) is 10.0. The third kappa shape index (κ3) is 3.53. The molecular weight excluding hydrogens is 254 g/mol. The standard InChI is InChI=1S/C13H18ClNO3/c1-4-15(6-5-14)13(16)10-7-11(17-2)9-12(8-10)18-3/h7-9H,4-6H2,1-3H3. The number of benzene rings is 1. The van der Waals surface area contributed by atoms with Crippen molar-refractivity contribution in [1.82, 2.24) is 4.90 Å². The number of nitrogens with zero attached hydrogens (tertiary/aromatic N) is 1. The van der Waals surface area contributed by atoms with Gasteiger partial charge in [0.05, 0.1) is 14.2 Å². The molecule has 100 valence electrons. The first kappa shape index (κ1) is 14.6. The number of carbonyl (C=O) groups is 1. The highest BCUT2D eigenvalue weighted by Gasteiger charge is 2.15. The second kappa shape index (κ2) is 7.11. The Labute approximate surface area is 112 Å². The van der Waals surface area contributed by atoms with Crippen molar-refractivity contribution in [2.75, 3.05) is 33.2 Å². The molecule has 0 aliphatic rings. The summed E-state index contributed by atoms with van der Waals surface area (Å²) in [5, 5.41) is 0. The molecule has 1 aromatic rings. The minimum Gasteiger partial charge on any atom is -0.497 e. The highest BCUT2D eigenvalue weighted by Crippen LogP contribution is 2.23. The van der Waals surface area contributed by atoms with Crippen molar-refractivity contribution in [3.05, 3.63) is 23.8 Å². The van der Waals surface area contributed by atoms with Crippen LogP contribution >= 0.6 is 11.6 Å². The van der Waals surface area contributed by atoms with E-state index in [1.54, 1.807) is 37.3 Å². The van der Waals surface area contributed by atoms with Crippen LogP contribution in [0.1, 0.15) is 17.3 Å². The second-order valence-electron chi connectivity index (χ2n) is 3.68. The van der Waals surface area contributed by atoms with Crippen LogP contribution in [0.15, 0.2) is 18.2 Å². The number of methoxy groups -OCH3 is 2.